The maximum atomic E-state index is 13.6. The Morgan fingerprint density at radius 1 is 1.26 bits per heavy atom. The van der Waals surface area contributed by atoms with E-state index in [-0.39, 0.29) is 11.4 Å². The van der Waals surface area contributed by atoms with Crippen molar-refractivity contribution in [2.45, 2.75) is 30.8 Å². The fourth-order valence-corrected chi connectivity index (χ4v) is 5.12. The zero-order valence-corrected chi connectivity index (χ0v) is 15.9. The van der Waals surface area contributed by atoms with Crippen LogP contribution in [0.3, 0.4) is 0 Å². The zero-order chi connectivity index (χ0) is 19.0. The van der Waals surface area contributed by atoms with E-state index in [4.69, 9.17) is 5.73 Å². The number of carbonyl (C=O) groups is 1. The summed E-state index contributed by atoms with van der Waals surface area (Å²) in [6.45, 7) is 0. The van der Waals surface area contributed by atoms with E-state index in [0.29, 0.717) is 11.0 Å². The molecule has 140 valence electrons. The Kier molecular flexibility index (Phi) is 4.96. The predicted octanol–water partition coefficient (Wildman–Crippen LogP) is 4.16. The number of nitrogens with zero attached hydrogens (tertiary/aromatic N) is 2. The lowest BCUT2D eigenvalue weighted by atomic mass is 9.97. The van der Waals surface area contributed by atoms with Crippen molar-refractivity contribution in [3.8, 4) is 0 Å². The van der Waals surface area contributed by atoms with Crippen molar-refractivity contribution < 1.29 is 13.6 Å². The fraction of sp³-hybridized carbons (Fsp3) is 0.278. The molecule has 1 aliphatic rings. The summed E-state index contributed by atoms with van der Waals surface area (Å²) in [4.78, 5) is 23.1. The summed E-state index contributed by atoms with van der Waals surface area (Å²) < 4.78 is 26.8. The summed E-state index contributed by atoms with van der Waals surface area (Å²) in [6, 6.07) is 2.90. The van der Waals surface area contributed by atoms with Crippen LogP contribution in [0, 0.1) is 11.6 Å². The number of carbonyl (C=O) groups excluding carboxylic acids is 1. The maximum Gasteiger partial charge on any atom is 0.234 e. The summed E-state index contributed by atoms with van der Waals surface area (Å²) >= 11 is 2.74. The number of nitrogens with two attached hydrogens (primary N) is 1. The molecule has 0 saturated heterocycles. The Balaban J connectivity index is 1.49. The first kappa shape index (κ1) is 18.1. The van der Waals surface area contributed by atoms with Crippen molar-refractivity contribution in [1.29, 1.82) is 0 Å². The SMILES string of the molecule is Nc1nc(SCC(=O)Nc2cc(F)ccc2F)nc2sc3c(c12)CCCC3. The molecule has 0 saturated carbocycles. The van der Waals surface area contributed by atoms with Gasteiger partial charge in [0.1, 0.15) is 22.3 Å². The lowest BCUT2D eigenvalue weighted by Crippen LogP contribution is -2.15. The number of nitrogen functional groups attached to an aromatic ring is 1. The summed E-state index contributed by atoms with van der Waals surface area (Å²) in [5.41, 5.74) is 7.21. The van der Waals surface area contributed by atoms with Crippen LogP contribution in [0.5, 0.6) is 0 Å². The highest BCUT2D eigenvalue weighted by Gasteiger charge is 2.20. The first-order valence-corrected chi connectivity index (χ1v) is 10.3. The second kappa shape index (κ2) is 7.40. The van der Waals surface area contributed by atoms with Gasteiger partial charge in [-0.05, 0) is 43.4 Å². The average Bonchev–Trinajstić information content (AvgIpc) is 3.02. The van der Waals surface area contributed by atoms with E-state index in [9.17, 15) is 13.6 Å². The largest absolute Gasteiger partial charge is 0.383 e. The molecule has 3 N–H and O–H groups in total. The van der Waals surface area contributed by atoms with Gasteiger partial charge in [0.25, 0.3) is 0 Å². The Bertz CT molecular complexity index is 1040. The van der Waals surface area contributed by atoms with Crippen LogP contribution in [0.25, 0.3) is 10.2 Å². The maximum absolute atomic E-state index is 13.6. The molecule has 0 radical (unpaired) electrons. The molecule has 0 unspecified atom stereocenters. The first-order valence-electron chi connectivity index (χ1n) is 8.46. The molecule has 5 nitrogen and oxygen atoms in total. The van der Waals surface area contributed by atoms with Gasteiger partial charge >= 0.3 is 0 Å². The number of benzene rings is 1. The van der Waals surface area contributed by atoms with Crippen LogP contribution in [0.4, 0.5) is 20.3 Å². The summed E-state index contributed by atoms with van der Waals surface area (Å²) in [5.74, 6) is -1.40. The number of hydrogen-bond donors (Lipinski definition) is 2. The molecule has 2 heterocycles. The minimum Gasteiger partial charge on any atom is -0.383 e. The molecule has 3 aromatic rings. The standard InChI is InChI=1S/C18H16F2N4OS2/c19-9-5-6-11(20)12(7-9)22-14(25)8-26-18-23-16(21)15-10-3-1-2-4-13(10)27-17(15)24-18/h5-7H,1-4,8H2,(H,22,25)(H2,21,23,24). The molecule has 0 fully saturated rings. The van der Waals surface area contributed by atoms with E-state index in [1.165, 1.54) is 16.9 Å². The van der Waals surface area contributed by atoms with E-state index < -0.39 is 17.5 Å². The minimum absolute atomic E-state index is 0.0357. The van der Waals surface area contributed by atoms with Crippen molar-refractivity contribution >= 4 is 50.7 Å². The normalized spacial score (nSPS) is 13.6. The molecule has 27 heavy (non-hydrogen) atoms. The molecule has 9 heteroatoms. The number of amides is 1. The quantitative estimate of drug-likeness (QED) is 0.502. The molecule has 1 aliphatic carbocycles. The highest BCUT2D eigenvalue weighted by Crippen LogP contribution is 2.38. The van der Waals surface area contributed by atoms with Gasteiger partial charge in [0, 0.05) is 10.9 Å². The third kappa shape index (κ3) is 3.74. The summed E-state index contributed by atoms with van der Waals surface area (Å²) in [7, 11) is 0. The molecule has 0 spiro atoms. The first-order chi connectivity index (χ1) is 13.0. The minimum atomic E-state index is -0.694. The summed E-state index contributed by atoms with van der Waals surface area (Å²) in [6.07, 6.45) is 4.36. The van der Waals surface area contributed by atoms with Crippen LogP contribution in [-0.4, -0.2) is 21.6 Å². The number of aromatic nitrogens is 2. The van der Waals surface area contributed by atoms with Crippen LogP contribution >= 0.6 is 23.1 Å². The molecule has 0 bridgehead atoms. The number of rotatable bonds is 4. The average molecular weight is 406 g/mol. The van der Waals surface area contributed by atoms with Gasteiger partial charge in [0.05, 0.1) is 16.8 Å². The topological polar surface area (TPSA) is 80.9 Å². The Morgan fingerprint density at radius 3 is 2.93 bits per heavy atom. The number of anilines is 2. The van der Waals surface area contributed by atoms with Crippen molar-refractivity contribution in [2.24, 2.45) is 0 Å². The van der Waals surface area contributed by atoms with Gasteiger partial charge < -0.3 is 11.1 Å². The fourth-order valence-electron chi connectivity index (χ4n) is 3.14. The lowest BCUT2D eigenvalue weighted by Gasteiger charge is -2.10. The number of nitrogens with one attached hydrogen (secondary N) is 1. The van der Waals surface area contributed by atoms with Crippen LogP contribution in [0.2, 0.25) is 0 Å². The van der Waals surface area contributed by atoms with Gasteiger partial charge in [0.2, 0.25) is 5.91 Å². The Hall–Kier alpha value is -2.26. The molecular weight excluding hydrogens is 390 g/mol. The third-order valence-electron chi connectivity index (χ3n) is 4.36. The van der Waals surface area contributed by atoms with E-state index in [0.717, 1.165) is 59.4 Å². The zero-order valence-electron chi connectivity index (χ0n) is 14.2. The van der Waals surface area contributed by atoms with Gasteiger partial charge in [-0.1, -0.05) is 11.8 Å². The van der Waals surface area contributed by atoms with Crippen LogP contribution < -0.4 is 11.1 Å². The van der Waals surface area contributed by atoms with Gasteiger partial charge in [0.15, 0.2) is 5.16 Å². The van der Waals surface area contributed by atoms with Crippen molar-refractivity contribution in [1.82, 2.24) is 9.97 Å². The molecule has 1 aromatic carbocycles. The third-order valence-corrected chi connectivity index (χ3v) is 6.39. The monoisotopic (exact) mass is 406 g/mol. The predicted molar refractivity (Wildman–Crippen MR) is 104 cm³/mol. The van der Waals surface area contributed by atoms with Gasteiger partial charge in [-0.3, -0.25) is 4.79 Å². The molecule has 4 rings (SSSR count). The highest BCUT2D eigenvalue weighted by atomic mass is 32.2. The molecule has 2 aromatic heterocycles. The number of thioether (sulfide) groups is 1. The van der Waals surface area contributed by atoms with Crippen molar-refractivity contribution in [3.63, 3.8) is 0 Å². The van der Waals surface area contributed by atoms with E-state index in [1.54, 1.807) is 11.3 Å². The molecule has 0 aliphatic heterocycles. The second-order valence-electron chi connectivity index (χ2n) is 6.24. The van der Waals surface area contributed by atoms with Gasteiger partial charge in [-0.2, -0.15) is 0 Å². The van der Waals surface area contributed by atoms with Crippen LogP contribution in [-0.2, 0) is 17.6 Å². The second-order valence-corrected chi connectivity index (χ2v) is 8.27. The van der Waals surface area contributed by atoms with Gasteiger partial charge in [-0.15, -0.1) is 11.3 Å². The number of aryl methyl sites for hydroxylation is 2. The number of hydrogen-bond acceptors (Lipinski definition) is 6. The molecule has 1 amide bonds. The lowest BCUT2D eigenvalue weighted by molar-refractivity contribution is -0.113. The number of halogens is 2. The highest BCUT2D eigenvalue weighted by molar-refractivity contribution is 7.99. The smallest absolute Gasteiger partial charge is 0.234 e. The Labute approximate surface area is 162 Å². The van der Waals surface area contributed by atoms with E-state index in [1.807, 2.05) is 0 Å². The molecular formula is C18H16F2N4OS2. The Morgan fingerprint density at radius 2 is 2.07 bits per heavy atom. The van der Waals surface area contributed by atoms with E-state index >= 15 is 0 Å². The number of thiophene rings is 1. The van der Waals surface area contributed by atoms with Crippen molar-refractivity contribution in [3.05, 3.63) is 40.3 Å². The van der Waals surface area contributed by atoms with E-state index in [2.05, 4.69) is 15.3 Å². The number of fused-ring (bicyclic) bond motifs is 3. The van der Waals surface area contributed by atoms with Crippen LogP contribution in [0.15, 0.2) is 23.4 Å². The van der Waals surface area contributed by atoms with Crippen LogP contribution in [0.1, 0.15) is 23.3 Å². The molecule has 0 atom stereocenters. The van der Waals surface area contributed by atoms with Crippen molar-refractivity contribution in [2.75, 3.05) is 16.8 Å². The summed E-state index contributed by atoms with van der Waals surface area (Å²) in [5, 5.41) is 3.69. The van der Waals surface area contributed by atoms with Gasteiger partial charge in [-0.25, -0.2) is 18.7 Å².